The van der Waals surface area contributed by atoms with Crippen LogP contribution >= 0.6 is 11.8 Å². The topological polar surface area (TPSA) is 12.0 Å². The van der Waals surface area contributed by atoms with Crippen molar-refractivity contribution in [3.63, 3.8) is 0 Å². The Hall–Kier alpha value is -0.730. The molecule has 96 valence electrons. The zero-order valence-electron chi connectivity index (χ0n) is 10.9. The largest absolute Gasteiger partial charge is 0.310 e. The van der Waals surface area contributed by atoms with E-state index in [-0.39, 0.29) is 0 Å². The van der Waals surface area contributed by atoms with Gasteiger partial charge < -0.3 is 5.32 Å². The SMILES string of the molecule is C=C(CNC1CC1)CSc1ccc2c(c1)CCC2. The molecule has 1 aromatic rings. The minimum absolute atomic E-state index is 0.784. The van der Waals surface area contributed by atoms with Crippen molar-refractivity contribution in [2.24, 2.45) is 0 Å². The quantitative estimate of drug-likeness (QED) is 0.619. The number of hydrogen-bond acceptors (Lipinski definition) is 2. The van der Waals surface area contributed by atoms with Gasteiger partial charge in [-0.1, -0.05) is 18.2 Å². The molecule has 0 amide bonds. The van der Waals surface area contributed by atoms with Gasteiger partial charge in [-0.15, -0.1) is 11.8 Å². The summed E-state index contributed by atoms with van der Waals surface area (Å²) in [4.78, 5) is 1.41. The molecule has 0 unspecified atom stereocenters. The molecule has 0 bridgehead atoms. The van der Waals surface area contributed by atoms with Gasteiger partial charge in [0.2, 0.25) is 0 Å². The number of fused-ring (bicyclic) bond motifs is 1. The van der Waals surface area contributed by atoms with E-state index in [0.29, 0.717) is 0 Å². The summed E-state index contributed by atoms with van der Waals surface area (Å²) >= 11 is 1.93. The number of benzene rings is 1. The molecule has 0 saturated heterocycles. The van der Waals surface area contributed by atoms with Crippen LogP contribution in [0.4, 0.5) is 0 Å². The highest BCUT2D eigenvalue weighted by atomic mass is 32.2. The lowest BCUT2D eigenvalue weighted by molar-refractivity contribution is 0.736. The first-order chi connectivity index (χ1) is 8.81. The van der Waals surface area contributed by atoms with Crippen molar-refractivity contribution in [1.82, 2.24) is 5.32 Å². The minimum Gasteiger partial charge on any atom is -0.310 e. The summed E-state index contributed by atoms with van der Waals surface area (Å²) in [6.45, 7) is 5.15. The van der Waals surface area contributed by atoms with E-state index in [1.54, 1.807) is 11.1 Å². The molecule has 0 heterocycles. The molecule has 2 aliphatic carbocycles. The van der Waals surface area contributed by atoms with Gasteiger partial charge >= 0.3 is 0 Å². The molecule has 0 aliphatic heterocycles. The van der Waals surface area contributed by atoms with Crippen LogP contribution in [0.3, 0.4) is 0 Å². The maximum absolute atomic E-state index is 4.16. The lowest BCUT2D eigenvalue weighted by Gasteiger charge is -2.08. The van der Waals surface area contributed by atoms with Crippen LogP contribution in [0.2, 0.25) is 0 Å². The van der Waals surface area contributed by atoms with Gasteiger partial charge in [-0.05, 0) is 55.4 Å². The van der Waals surface area contributed by atoms with Crippen molar-refractivity contribution in [2.45, 2.75) is 43.0 Å². The third-order valence-electron chi connectivity index (χ3n) is 3.73. The third-order valence-corrected chi connectivity index (χ3v) is 4.87. The van der Waals surface area contributed by atoms with Crippen molar-refractivity contribution in [1.29, 1.82) is 0 Å². The van der Waals surface area contributed by atoms with Gasteiger partial charge in [-0.25, -0.2) is 0 Å². The molecule has 0 atom stereocenters. The van der Waals surface area contributed by atoms with Crippen LogP contribution in [-0.4, -0.2) is 18.3 Å². The molecule has 0 aromatic heterocycles. The fourth-order valence-electron chi connectivity index (χ4n) is 2.45. The number of thioether (sulfide) groups is 1. The highest BCUT2D eigenvalue weighted by Crippen LogP contribution is 2.28. The van der Waals surface area contributed by atoms with E-state index in [1.165, 1.54) is 42.6 Å². The fourth-order valence-corrected chi connectivity index (χ4v) is 3.31. The lowest BCUT2D eigenvalue weighted by atomic mass is 10.1. The molecule has 3 rings (SSSR count). The Morgan fingerprint density at radius 3 is 2.94 bits per heavy atom. The monoisotopic (exact) mass is 259 g/mol. The Balaban J connectivity index is 1.48. The van der Waals surface area contributed by atoms with Crippen LogP contribution in [-0.2, 0) is 12.8 Å². The van der Waals surface area contributed by atoms with E-state index in [2.05, 4.69) is 30.1 Å². The van der Waals surface area contributed by atoms with E-state index >= 15 is 0 Å². The molecule has 0 radical (unpaired) electrons. The Morgan fingerprint density at radius 2 is 2.11 bits per heavy atom. The summed E-state index contributed by atoms with van der Waals surface area (Å²) in [5.74, 6) is 1.04. The Morgan fingerprint density at radius 1 is 1.28 bits per heavy atom. The maximum atomic E-state index is 4.16. The van der Waals surface area contributed by atoms with Gasteiger partial charge in [0.1, 0.15) is 0 Å². The maximum Gasteiger partial charge on any atom is 0.0200 e. The van der Waals surface area contributed by atoms with Gasteiger partial charge in [0.25, 0.3) is 0 Å². The Kier molecular flexibility index (Phi) is 3.76. The second-order valence-electron chi connectivity index (χ2n) is 5.48. The first-order valence-electron chi connectivity index (χ1n) is 6.96. The van der Waals surface area contributed by atoms with Crippen molar-refractivity contribution in [3.8, 4) is 0 Å². The summed E-state index contributed by atoms with van der Waals surface area (Å²) in [7, 11) is 0. The van der Waals surface area contributed by atoms with E-state index in [4.69, 9.17) is 0 Å². The highest BCUT2D eigenvalue weighted by molar-refractivity contribution is 7.99. The third kappa shape index (κ3) is 3.18. The number of nitrogens with one attached hydrogen (secondary N) is 1. The van der Waals surface area contributed by atoms with Crippen molar-refractivity contribution < 1.29 is 0 Å². The summed E-state index contributed by atoms with van der Waals surface area (Å²) in [6.07, 6.45) is 6.59. The smallest absolute Gasteiger partial charge is 0.0200 e. The number of hydrogen-bond donors (Lipinski definition) is 1. The van der Waals surface area contributed by atoms with Gasteiger partial charge in [0.05, 0.1) is 0 Å². The zero-order valence-corrected chi connectivity index (χ0v) is 11.7. The molecule has 18 heavy (non-hydrogen) atoms. The molecule has 1 saturated carbocycles. The van der Waals surface area contributed by atoms with Gasteiger partial charge in [0, 0.05) is 23.2 Å². The average molecular weight is 259 g/mol. The molecule has 2 aliphatic rings. The molecule has 1 N–H and O–H groups in total. The lowest BCUT2D eigenvalue weighted by Crippen LogP contribution is -2.19. The van der Waals surface area contributed by atoms with Gasteiger partial charge in [0.15, 0.2) is 0 Å². The number of rotatable bonds is 6. The zero-order chi connectivity index (χ0) is 12.4. The van der Waals surface area contributed by atoms with E-state index < -0.39 is 0 Å². The predicted molar refractivity (Wildman–Crippen MR) is 79.4 cm³/mol. The summed E-state index contributed by atoms with van der Waals surface area (Å²) in [5, 5.41) is 3.52. The Labute approximate surface area is 114 Å². The molecule has 2 heteroatoms. The van der Waals surface area contributed by atoms with Crippen molar-refractivity contribution >= 4 is 11.8 Å². The molecule has 0 spiro atoms. The molecule has 1 fully saturated rings. The van der Waals surface area contributed by atoms with Crippen molar-refractivity contribution in [3.05, 3.63) is 41.5 Å². The van der Waals surface area contributed by atoms with Crippen LogP contribution in [0.5, 0.6) is 0 Å². The normalized spacial score (nSPS) is 17.8. The average Bonchev–Trinajstić information content (AvgIpc) is 3.10. The first-order valence-corrected chi connectivity index (χ1v) is 7.94. The first kappa shape index (κ1) is 12.3. The molecule has 1 aromatic carbocycles. The van der Waals surface area contributed by atoms with Gasteiger partial charge in [-0.2, -0.15) is 0 Å². The molecular weight excluding hydrogens is 238 g/mol. The van der Waals surface area contributed by atoms with E-state index in [0.717, 1.165) is 18.3 Å². The van der Waals surface area contributed by atoms with Crippen LogP contribution in [0, 0.1) is 0 Å². The fraction of sp³-hybridized carbons (Fsp3) is 0.500. The standard InChI is InChI=1S/C16H21NS/c1-12(10-17-15-6-7-15)11-18-16-8-5-13-3-2-4-14(13)9-16/h5,8-9,15,17H,1-4,6-7,10-11H2. The highest BCUT2D eigenvalue weighted by Gasteiger charge is 2.20. The van der Waals surface area contributed by atoms with Crippen LogP contribution in [0.1, 0.15) is 30.4 Å². The van der Waals surface area contributed by atoms with Gasteiger partial charge in [-0.3, -0.25) is 0 Å². The summed E-state index contributed by atoms with van der Waals surface area (Å²) < 4.78 is 0. The minimum atomic E-state index is 0.784. The summed E-state index contributed by atoms with van der Waals surface area (Å²) in [6, 6.07) is 7.76. The molecular formula is C16H21NS. The van der Waals surface area contributed by atoms with Crippen LogP contribution < -0.4 is 5.32 Å². The van der Waals surface area contributed by atoms with Crippen LogP contribution in [0.25, 0.3) is 0 Å². The summed E-state index contributed by atoms with van der Waals surface area (Å²) in [5.41, 5.74) is 4.45. The Bertz CT molecular complexity index is 448. The number of aryl methyl sites for hydroxylation is 2. The van der Waals surface area contributed by atoms with Crippen molar-refractivity contribution in [2.75, 3.05) is 12.3 Å². The second-order valence-corrected chi connectivity index (χ2v) is 6.53. The van der Waals surface area contributed by atoms with E-state index in [1.807, 2.05) is 11.8 Å². The van der Waals surface area contributed by atoms with Crippen LogP contribution in [0.15, 0.2) is 35.2 Å². The second kappa shape index (κ2) is 5.50. The molecule has 1 nitrogen and oxygen atoms in total. The predicted octanol–water partition coefficient (Wildman–Crippen LogP) is 3.58. The van der Waals surface area contributed by atoms with E-state index in [9.17, 15) is 0 Å².